The molecule has 1 aliphatic heterocycles. The van der Waals surface area contributed by atoms with Crippen molar-refractivity contribution in [3.8, 4) is 0 Å². The van der Waals surface area contributed by atoms with Crippen molar-refractivity contribution in [1.29, 1.82) is 0 Å². The summed E-state index contributed by atoms with van der Waals surface area (Å²) < 4.78 is 0. The lowest BCUT2D eigenvalue weighted by Crippen LogP contribution is -2.33. The Morgan fingerprint density at radius 3 is 2.05 bits per heavy atom. The molecule has 0 spiro atoms. The highest BCUT2D eigenvalue weighted by molar-refractivity contribution is 9.08. The van der Waals surface area contributed by atoms with Crippen molar-refractivity contribution in [1.82, 2.24) is 4.90 Å². The minimum atomic E-state index is 0.143. The molecule has 0 fully saturated rings. The van der Waals surface area contributed by atoms with E-state index < -0.39 is 0 Å². The van der Waals surface area contributed by atoms with Crippen LogP contribution in [0.4, 0.5) is 0 Å². The number of hydrogen-bond acceptors (Lipinski definition) is 1. The minimum absolute atomic E-state index is 0.143. The number of rotatable bonds is 2. The van der Waals surface area contributed by atoms with Crippen LogP contribution < -0.4 is 0 Å². The molecule has 3 heteroatoms. The van der Waals surface area contributed by atoms with Gasteiger partial charge in [0.15, 0.2) is 0 Å². The van der Waals surface area contributed by atoms with Gasteiger partial charge in [0.05, 0.1) is 0 Å². The molecule has 1 aliphatic rings. The molecule has 2 aromatic carbocycles. The van der Waals surface area contributed by atoms with Crippen LogP contribution in [-0.2, 0) is 18.2 Å². The van der Waals surface area contributed by atoms with Gasteiger partial charge in [0, 0.05) is 24.0 Å². The summed E-state index contributed by atoms with van der Waals surface area (Å²) >= 11 is 3.43. The Morgan fingerprint density at radius 1 is 0.952 bits per heavy atom. The van der Waals surface area contributed by atoms with Crippen LogP contribution in [0, 0.1) is 0 Å². The van der Waals surface area contributed by atoms with E-state index >= 15 is 0 Å². The van der Waals surface area contributed by atoms with Crippen LogP contribution in [0.3, 0.4) is 0 Å². The second-order valence-electron chi connectivity index (χ2n) is 5.39. The zero-order valence-electron chi connectivity index (χ0n) is 11.9. The van der Waals surface area contributed by atoms with Gasteiger partial charge in [0.2, 0.25) is 0 Å². The van der Waals surface area contributed by atoms with E-state index in [-0.39, 0.29) is 5.91 Å². The normalized spacial score (nSPS) is 14.4. The quantitative estimate of drug-likeness (QED) is 0.759. The van der Waals surface area contributed by atoms with E-state index in [0.29, 0.717) is 0 Å². The average molecular weight is 344 g/mol. The Bertz CT molecular complexity index is 609. The zero-order chi connectivity index (χ0) is 14.7. The first-order valence-electron chi connectivity index (χ1n) is 7.29. The minimum Gasteiger partial charge on any atom is -0.338 e. The van der Waals surface area contributed by atoms with E-state index in [1.165, 1.54) is 16.7 Å². The monoisotopic (exact) mass is 343 g/mol. The Morgan fingerprint density at radius 2 is 1.52 bits per heavy atom. The van der Waals surface area contributed by atoms with Crippen molar-refractivity contribution >= 4 is 21.8 Å². The maximum absolute atomic E-state index is 12.6. The number of carbonyl (C=O) groups is 1. The van der Waals surface area contributed by atoms with Crippen LogP contribution in [0.25, 0.3) is 0 Å². The molecule has 0 aromatic heterocycles. The summed E-state index contributed by atoms with van der Waals surface area (Å²) in [5, 5.41) is 0.820. The summed E-state index contributed by atoms with van der Waals surface area (Å²) in [5.74, 6) is 0.143. The highest BCUT2D eigenvalue weighted by atomic mass is 79.9. The lowest BCUT2D eigenvalue weighted by molar-refractivity contribution is 0.0763. The molecular weight excluding hydrogens is 326 g/mol. The van der Waals surface area contributed by atoms with Crippen LogP contribution in [0.15, 0.2) is 48.5 Å². The number of benzene rings is 2. The Labute approximate surface area is 133 Å². The van der Waals surface area contributed by atoms with Crippen molar-refractivity contribution in [2.45, 2.75) is 18.2 Å². The topological polar surface area (TPSA) is 20.3 Å². The fourth-order valence-corrected chi connectivity index (χ4v) is 3.16. The molecule has 0 N–H and O–H groups in total. The summed E-state index contributed by atoms with van der Waals surface area (Å²) in [6.45, 7) is 1.60. The summed E-state index contributed by atoms with van der Waals surface area (Å²) in [7, 11) is 0. The van der Waals surface area contributed by atoms with Crippen LogP contribution in [0.5, 0.6) is 0 Å². The summed E-state index contributed by atoms with van der Waals surface area (Å²) in [6, 6.07) is 16.4. The molecule has 0 aliphatic carbocycles. The van der Waals surface area contributed by atoms with E-state index in [1.807, 2.05) is 29.2 Å². The lowest BCUT2D eigenvalue weighted by Gasteiger charge is -2.20. The van der Waals surface area contributed by atoms with Gasteiger partial charge in [-0.25, -0.2) is 0 Å². The molecule has 0 saturated carbocycles. The number of alkyl halides is 1. The Balaban J connectivity index is 1.74. The highest BCUT2D eigenvalue weighted by Crippen LogP contribution is 2.17. The second-order valence-corrected chi connectivity index (χ2v) is 5.95. The fourth-order valence-electron chi connectivity index (χ4n) is 2.79. The molecule has 0 radical (unpaired) electrons. The average Bonchev–Trinajstić information content (AvgIpc) is 2.77. The van der Waals surface area contributed by atoms with Gasteiger partial charge in [-0.3, -0.25) is 4.79 Å². The van der Waals surface area contributed by atoms with Gasteiger partial charge in [0.1, 0.15) is 0 Å². The van der Waals surface area contributed by atoms with Crippen molar-refractivity contribution < 1.29 is 4.79 Å². The third kappa shape index (κ3) is 3.18. The summed E-state index contributed by atoms with van der Waals surface area (Å²) in [5.41, 5.74) is 4.73. The second kappa shape index (κ2) is 6.44. The van der Waals surface area contributed by atoms with E-state index in [2.05, 4.69) is 40.2 Å². The first-order chi connectivity index (χ1) is 10.3. The van der Waals surface area contributed by atoms with Crippen LogP contribution in [0.1, 0.15) is 27.0 Å². The molecule has 108 valence electrons. The largest absolute Gasteiger partial charge is 0.338 e. The van der Waals surface area contributed by atoms with Crippen LogP contribution in [0.2, 0.25) is 0 Å². The van der Waals surface area contributed by atoms with Crippen molar-refractivity contribution in [3.05, 3.63) is 70.8 Å². The standard InChI is InChI=1S/C18H18BrNO/c19-13-14-5-7-17(8-6-14)18(21)20-11-9-15-3-1-2-4-16(15)10-12-20/h1-8H,9-13H2. The highest BCUT2D eigenvalue weighted by Gasteiger charge is 2.19. The van der Waals surface area contributed by atoms with Crippen LogP contribution in [-0.4, -0.2) is 23.9 Å². The molecule has 0 saturated heterocycles. The maximum Gasteiger partial charge on any atom is 0.253 e. The molecule has 21 heavy (non-hydrogen) atoms. The third-order valence-electron chi connectivity index (χ3n) is 4.06. The van der Waals surface area contributed by atoms with Gasteiger partial charge in [-0.2, -0.15) is 0 Å². The fraction of sp³-hybridized carbons (Fsp3) is 0.278. The van der Waals surface area contributed by atoms with Crippen molar-refractivity contribution in [2.75, 3.05) is 13.1 Å². The number of halogens is 1. The maximum atomic E-state index is 12.6. The van der Waals surface area contributed by atoms with E-state index in [4.69, 9.17) is 0 Å². The van der Waals surface area contributed by atoms with Gasteiger partial charge in [0.25, 0.3) is 5.91 Å². The van der Waals surface area contributed by atoms with Crippen LogP contribution >= 0.6 is 15.9 Å². The molecule has 1 heterocycles. The van der Waals surface area contributed by atoms with Gasteiger partial charge in [-0.15, -0.1) is 0 Å². The molecule has 2 nitrogen and oxygen atoms in total. The van der Waals surface area contributed by atoms with Gasteiger partial charge >= 0.3 is 0 Å². The van der Waals surface area contributed by atoms with Gasteiger partial charge < -0.3 is 4.90 Å². The molecule has 2 aromatic rings. The number of hydrogen-bond donors (Lipinski definition) is 0. The van der Waals surface area contributed by atoms with E-state index in [9.17, 15) is 4.79 Å². The predicted octanol–water partition coefficient (Wildman–Crippen LogP) is 3.82. The smallest absolute Gasteiger partial charge is 0.253 e. The number of amides is 1. The first-order valence-corrected chi connectivity index (χ1v) is 8.41. The van der Waals surface area contributed by atoms with Crippen molar-refractivity contribution in [3.63, 3.8) is 0 Å². The molecule has 0 bridgehead atoms. The van der Waals surface area contributed by atoms with Crippen molar-refractivity contribution in [2.24, 2.45) is 0 Å². The molecule has 3 rings (SSSR count). The molecular formula is C18H18BrNO. The number of carbonyl (C=O) groups excluding carboxylic acids is 1. The SMILES string of the molecule is O=C(c1ccc(CBr)cc1)N1CCc2ccccc2CC1. The van der Waals surface area contributed by atoms with Gasteiger partial charge in [-0.05, 0) is 41.7 Å². The predicted molar refractivity (Wildman–Crippen MR) is 88.8 cm³/mol. The molecule has 1 amide bonds. The molecule has 0 atom stereocenters. The summed E-state index contributed by atoms with van der Waals surface area (Å²) in [4.78, 5) is 14.6. The first kappa shape index (κ1) is 14.3. The molecule has 0 unspecified atom stereocenters. The summed E-state index contributed by atoms with van der Waals surface area (Å²) in [6.07, 6.45) is 1.89. The third-order valence-corrected chi connectivity index (χ3v) is 4.71. The van der Waals surface area contributed by atoms with E-state index in [0.717, 1.165) is 36.8 Å². The van der Waals surface area contributed by atoms with E-state index in [1.54, 1.807) is 0 Å². The Hall–Kier alpha value is -1.61. The Kier molecular flexibility index (Phi) is 4.39. The lowest BCUT2D eigenvalue weighted by atomic mass is 10.0. The zero-order valence-corrected chi connectivity index (χ0v) is 13.5. The van der Waals surface area contributed by atoms with Gasteiger partial charge in [-0.1, -0.05) is 52.3 Å². The number of fused-ring (bicyclic) bond motifs is 1. The number of nitrogens with zero attached hydrogens (tertiary/aromatic N) is 1.